The van der Waals surface area contributed by atoms with Gasteiger partial charge in [0.1, 0.15) is 17.5 Å². The smallest absolute Gasteiger partial charge is 0.267 e. The van der Waals surface area contributed by atoms with Crippen LogP contribution in [-0.2, 0) is 9.59 Å². The lowest BCUT2D eigenvalue weighted by molar-refractivity contribution is -0.119. The number of carbonyl (C=O) groups is 2. The van der Waals surface area contributed by atoms with Crippen molar-refractivity contribution in [2.45, 2.75) is 24.9 Å². The number of anilines is 2. The van der Waals surface area contributed by atoms with Gasteiger partial charge in [0.15, 0.2) is 0 Å². The summed E-state index contributed by atoms with van der Waals surface area (Å²) >= 11 is 6.15. The van der Waals surface area contributed by atoms with Gasteiger partial charge in [0, 0.05) is 30.6 Å². The normalized spacial score (nSPS) is 20.5. The van der Waals surface area contributed by atoms with Gasteiger partial charge in [-0.3, -0.25) is 14.6 Å². The Balaban J connectivity index is 1.44. The zero-order valence-corrected chi connectivity index (χ0v) is 17.9. The van der Waals surface area contributed by atoms with Gasteiger partial charge in [-0.15, -0.1) is 0 Å². The number of hydrazone groups is 1. The number of benzene rings is 2. The monoisotopic (exact) mass is 441 g/mol. The van der Waals surface area contributed by atoms with E-state index in [2.05, 4.69) is 15.3 Å². The molecule has 0 spiro atoms. The summed E-state index contributed by atoms with van der Waals surface area (Å²) in [6, 6.07) is 14.0. The lowest BCUT2D eigenvalue weighted by atomic mass is 10.1. The first kappa shape index (κ1) is 21.0. The molecule has 0 radical (unpaired) electrons. The highest BCUT2D eigenvalue weighted by Crippen LogP contribution is 2.33. The predicted octanol–water partition coefficient (Wildman–Crippen LogP) is 2.16. The number of nitrogens with two attached hydrogens (primary N) is 1. The summed E-state index contributed by atoms with van der Waals surface area (Å²) in [5, 5.41) is 9.60. The third-order valence-corrected chi connectivity index (χ3v) is 5.76. The highest BCUT2D eigenvalue weighted by molar-refractivity contribution is 6.40. The average Bonchev–Trinajstić information content (AvgIpc) is 3.42. The molecule has 9 heteroatoms. The van der Waals surface area contributed by atoms with Crippen molar-refractivity contribution in [3.63, 3.8) is 0 Å². The van der Waals surface area contributed by atoms with Crippen LogP contribution in [0.5, 0.6) is 5.75 Å². The van der Waals surface area contributed by atoms with Crippen molar-refractivity contribution in [1.29, 1.82) is 0 Å². The molecule has 2 atom stereocenters. The molecule has 2 aromatic carbocycles. The molecule has 31 heavy (non-hydrogen) atoms. The van der Waals surface area contributed by atoms with Crippen LogP contribution in [0.3, 0.4) is 0 Å². The zero-order chi connectivity index (χ0) is 22.0. The standard InChI is InChI=1S/C22H24ClN5O3/c1-31-20-8-7-14(23)11-18(20)27-10-9-15(13-27)25-22(30)17-12-19(21(24)29)28(26-17)16-5-3-2-4-6-16/h2-8,11,15,19H,9-10,12-13H2,1H3,(H2,24,29)(H,25,30). The molecule has 2 aliphatic heterocycles. The van der Waals surface area contributed by atoms with Crippen LogP contribution in [0.15, 0.2) is 53.6 Å². The summed E-state index contributed by atoms with van der Waals surface area (Å²) in [4.78, 5) is 26.9. The summed E-state index contributed by atoms with van der Waals surface area (Å²) in [5.74, 6) is -0.0653. The number of nitrogens with zero attached hydrogens (tertiary/aromatic N) is 3. The van der Waals surface area contributed by atoms with Crippen molar-refractivity contribution in [3.8, 4) is 5.75 Å². The fourth-order valence-electron chi connectivity index (χ4n) is 3.96. The molecule has 8 nitrogen and oxygen atoms in total. The highest BCUT2D eigenvalue weighted by Gasteiger charge is 2.36. The maximum absolute atomic E-state index is 12.9. The molecule has 2 amide bonds. The van der Waals surface area contributed by atoms with Gasteiger partial charge in [-0.2, -0.15) is 5.10 Å². The molecule has 1 saturated heterocycles. The fraction of sp³-hybridized carbons (Fsp3) is 0.318. The van der Waals surface area contributed by atoms with Crippen LogP contribution in [-0.4, -0.2) is 49.8 Å². The third-order valence-electron chi connectivity index (χ3n) is 5.53. The van der Waals surface area contributed by atoms with Gasteiger partial charge >= 0.3 is 0 Å². The van der Waals surface area contributed by atoms with E-state index in [9.17, 15) is 9.59 Å². The van der Waals surface area contributed by atoms with Crippen LogP contribution in [0.2, 0.25) is 5.02 Å². The minimum Gasteiger partial charge on any atom is -0.495 e. The number of para-hydroxylation sites is 1. The second-order valence-corrected chi connectivity index (χ2v) is 8.01. The van der Waals surface area contributed by atoms with Crippen LogP contribution in [0, 0.1) is 0 Å². The third kappa shape index (κ3) is 4.44. The number of halogens is 1. The van der Waals surface area contributed by atoms with Crippen molar-refractivity contribution in [1.82, 2.24) is 5.32 Å². The minimum absolute atomic E-state index is 0.0586. The first-order valence-electron chi connectivity index (χ1n) is 10.1. The van der Waals surface area contributed by atoms with Crippen LogP contribution >= 0.6 is 11.6 Å². The Morgan fingerprint density at radius 1 is 1.23 bits per heavy atom. The first-order valence-corrected chi connectivity index (χ1v) is 10.4. The number of carbonyl (C=O) groups excluding carboxylic acids is 2. The summed E-state index contributed by atoms with van der Waals surface area (Å²) in [7, 11) is 1.62. The summed E-state index contributed by atoms with van der Waals surface area (Å²) in [5.41, 5.74) is 7.47. The second kappa shape index (κ2) is 8.85. The van der Waals surface area contributed by atoms with E-state index < -0.39 is 11.9 Å². The molecule has 0 aromatic heterocycles. The molecular formula is C22H24ClN5O3. The number of ether oxygens (including phenoxy) is 1. The number of amides is 2. The molecule has 0 bridgehead atoms. The predicted molar refractivity (Wildman–Crippen MR) is 121 cm³/mol. The van der Waals surface area contributed by atoms with Crippen molar-refractivity contribution in [2.75, 3.05) is 30.1 Å². The Hall–Kier alpha value is -3.26. The van der Waals surface area contributed by atoms with Gasteiger partial charge in [-0.1, -0.05) is 29.8 Å². The lowest BCUT2D eigenvalue weighted by Crippen LogP contribution is -2.42. The van der Waals surface area contributed by atoms with Crippen molar-refractivity contribution < 1.29 is 14.3 Å². The van der Waals surface area contributed by atoms with Crippen LogP contribution in [0.25, 0.3) is 0 Å². The van der Waals surface area contributed by atoms with E-state index in [4.69, 9.17) is 22.1 Å². The van der Waals surface area contributed by atoms with E-state index in [1.54, 1.807) is 13.2 Å². The average molecular weight is 442 g/mol. The number of rotatable bonds is 6. The molecule has 2 heterocycles. The van der Waals surface area contributed by atoms with Crippen LogP contribution < -0.4 is 25.7 Å². The Bertz CT molecular complexity index is 1010. The molecule has 2 unspecified atom stereocenters. The van der Waals surface area contributed by atoms with E-state index in [1.165, 1.54) is 5.01 Å². The van der Waals surface area contributed by atoms with E-state index >= 15 is 0 Å². The molecule has 3 N–H and O–H groups in total. The fourth-order valence-corrected chi connectivity index (χ4v) is 4.13. The molecule has 1 fully saturated rings. The van der Waals surface area contributed by atoms with Gasteiger partial charge in [0.25, 0.3) is 5.91 Å². The minimum atomic E-state index is -0.682. The molecule has 0 saturated carbocycles. The summed E-state index contributed by atoms with van der Waals surface area (Å²) in [6.45, 7) is 1.38. The first-order chi connectivity index (χ1) is 15.0. The van der Waals surface area contributed by atoms with Gasteiger partial charge < -0.3 is 20.7 Å². The maximum Gasteiger partial charge on any atom is 0.267 e. The lowest BCUT2D eigenvalue weighted by Gasteiger charge is -2.21. The van der Waals surface area contributed by atoms with Crippen LogP contribution in [0.1, 0.15) is 12.8 Å². The zero-order valence-electron chi connectivity index (χ0n) is 17.1. The second-order valence-electron chi connectivity index (χ2n) is 7.57. The Morgan fingerprint density at radius 3 is 2.71 bits per heavy atom. The van der Waals surface area contributed by atoms with E-state index in [-0.39, 0.29) is 18.4 Å². The molecule has 162 valence electrons. The molecular weight excluding hydrogens is 418 g/mol. The van der Waals surface area contributed by atoms with Crippen LogP contribution in [0.4, 0.5) is 11.4 Å². The van der Waals surface area contributed by atoms with Gasteiger partial charge in [0.2, 0.25) is 5.91 Å². The SMILES string of the molecule is COc1ccc(Cl)cc1N1CCC(NC(=O)C2=NN(c3ccccc3)C(C(N)=O)C2)C1. The maximum atomic E-state index is 12.9. The van der Waals surface area contributed by atoms with Gasteiger partial charge in [0.05, 0.1) is 18.5 Å². The number of methoxy groups -OCH3 is 1. The molecule has 2 aromatic rings. The summed E-state index contributed by atoms with van der Waals surface area (Å²) in [6.07, 6.45) is 0.949. The van der Waals surface area contributed by atoms with E-state index in [0.29, 0.717) is 23.0 Å². The number of nitrogens with one attached hydrogen (secondary N) is 1. The number of hydrogen-bond donors (Lipinski definition) is 2. The van der Waals surface area contributed by atoms with Crippen molar-refractivity contribution >= 4 is 40.5 Å². The molecule has 0 aliphatic carbocycles. The summed E-state index contributed by atoms with van der Waals surface area (Å²) < 4.78 is 5.44. The Morgan fingerprint density at radius 2 is 2.00 bits per heavy atom. The largest absolute Gasteiger partial charge is 0.495 e. The Labute approximate surface area is 185 Å². The van der Waals surface area contributed by atoms with E-state index in [1.807, 2.05) is 42.5 Å². The van der Waals surface area contributed by atoms with E-state index in [0.717, 1.165) is 24.4 Å². The van der Waals surface area contributed by atoms with Crippen molar-refractivity contribution in [2.24, 2.45) is 10.8 Å². The van der Waals surface area contributed by atoms with Gasteiger partial charge in [-0.05, 0) is 36.8 Å². The number of primary amides is 1. The molecule has 2 aliphatic rings. The quantitative estimate of drug-likeness (QED) is 0.715. The topological polar surface area (TPSA) is 100 Å². The van der Waals surface area contributed by atoms with Gasteiger partial charge in [-0.25, -0.2) is 0 Å². The Kier molecular flexibility index (Phi) is 5.99. The number of hydrogen-bond acceptors (Lipinski definition) is 6. The highest BCUT2D eigenvalue weighted by atomic mass is 35.5. The molecule has 4 rings (SSSR count). The van der Waals surface area contributed by atoms with Crippen molar-refractivity contribution in [3.05, 3.63) is 53.6 Å².